The zero-order chi connectivity index (χ0) is 13.4. The third kappa shape index (κ3) is 4.55. The summed E-state index contributed by atoms with van der Waals surface area (Å²) in [6.45, 7) is 6.88. The van der Waals surface area contributed by atoms with Crippen molar-refractivity contribution in [2.45, 2.75) is 39.3 Å². The SMILES string of the molecule is CCC(CC)N(C)c1nc(CNCCOC)cs1. The number of methoxy groups -OCH3 is 1. The van der Waals surface area contributed by atoms with Gasteiger partial charge in [0.25, 0.3) is 0 Å². The quantitative estimate of drug-likeness (QED) is 0.700. The average Bonchev–Trinajstić information content (AvgIpc) is 2.85. The number of rotatable bonds is 9. The number of ether oxygens (including phenoxy) is 1. The highest BCUT2D eigenvalue weighted by Gasteiger charge is 2.14. The molecule has 1 rings (SSSR count). The number of hydrogen-bond donors (Lipinski definition) is 1. The standard InChI is InChI=1S/C13H25N3OS/c1-5-12(6-2)16(3)13-15-11(10-18-13)9-14-7-8-17-4/h10,12,14H,5-9H2,1-4H3. The Labute approximate surface area is 114 Å². The first-order valence-corrected chi connectivity index (χ1v) is 7.47. The maximum atomic E-state index is 5.00. The van der Waals surface area contributed by atoms with E-state index in [4.69, 9.17) is 4.74 Å². The fraction of sp³-hybridized carbons (Fsp3) is 0.769. The first kappa shape index (κ1) is 15.4. The fourth-order valence-electron chi connectivity index (χ4n) is 1.92. The van der Waals surface area contributed by atoms with E-state index in [1.807, 2.05) is 0 Å². The van der Waals surface area contributed by atoms with Gasteiger partial charge in [0, 0.05) is 38.7 Å². The molecule has 1 heterocycles. The highest BCUT2D eigenvalue weighted by Crippen LogP contribution is 2.23. The van der Waals surface area contributed by atoms with Crippen LogP contribution in [0.1, 0.15) is 32.4 Å². The van der Waals surface area contributed by atoms with Crippen molar-refractivity contribution >= 4 is 16.5 Å². The lowest BCUT2D eigenvalue weighted by Gasteiger charge is -2.25. The van der Waals surface area contributed by atoms with Gasteiger partial charge >= 0.3 is 0 Å². The third-order valence-electron chi connectivity index (χ3n) is 3.12. The van der Waals surface area contributed by atoms with Crippen LogP contribution in [0, 0.1) is 0 Å². The Morgan fingerprint density at radius 2 is 2.17 bits per heavy atom. The van der Waals surface area contributed by atoms with Gasteiger partial charge in [0.05, 0.1) is 12.3 Å². The predicted molar refractivity (Wildman–Crippen MR) is 78.5 cm³/mol. The Hall–Kier alpha value is -0.650. The summed E-state index contributed by atoms with van der Waals surface area (Å²) in [6, 6.07) is 0.588. The highest BCUT2D eigenvalue weighted by molar-refractivity contribution is 7.13. The number of hydrogen-bond acceptors (Lipinski definition) is 5. The van der Waals surface area contributed by atoms with Crippen LogP contribution in [0.3, 0.4) is 0 Å². The maximum absolute atomic E-state index is 5.00. The number of aromatic nitrogens is 1. The molecule has 0 saturated heterocycles. The molecule has 1 aromatic rings. The van der Waals surface area contributed by atoms with Crippen LogP contribution in [0.25, 0.3) is 0 Å². The lowest BCUT2D eigenvalue weighted by atomic mass is 10.1. The Morgan fingerprint density at radius 1 is 1.44 bits per heavy atom. The molecule has 1 N–H and O–H groups in total. The molecule has 0 amide bonds. The molecular formula is C13H25N3OS. The molecule has 4 nitrogen and oxygen atoms in total. The average molecular weight is 271 g/mol. The Kier molecular flexibility index (Phi) is 7.23. The van der Waals surface area contributed by atoms with Gasteiger partial charge in [0.2, 0.25) is 0 Å². The van der Waals surface area contributed by atoms with Gasteiger partial charge in [-0.25, -0.2) is 4.98 Å². The van der Waals surface area contributed by atoms with Crippen molar-refractivity contribution in [2.75, 3.05) is 32.2 Å². The molecule has 0 aliphatic carbocycles. The lowest BCUT2D eigenvalue weighted by Crippen LogP contribution is -2.30. The zero-order valence-electron chi connectivity index (χ0n) is 11.9. The molecule has 0 radical (unpaired) electrons. The van der Waals surface area contributed by atoms with E-state index in [1.165, 1.54) is 0 Å². The Balaban J connectivity index is 2.46. The van der Waals surface area contributed by atoms with Crippen LogP contribution in [-0.2, 0) is 11.3 Å². The summed E-state index contributed by atoms with van der Waals surface area (Å²) >= 11 is 1.72. The molecule has 0 fully saturated rings. The van der Waals surface area contributed by atoms with Gasteiger partial charge in [0.15, 0.2) is 5.13 Å². The van der Waals surface area contributed by atoms with Crippen LogP contribution in [0.2, 0.25) is 0 Å². The van der Waals surface area contributed by atoms with Crippen LogP contribution in [0.15, 0.2) is 5.38 Å². The smallest absolute Gasteiger partial charge is 0.185 e. The van der Waals surface area contributed by atoms with Gasteiger partial charge in [-0.15, -0.1) is 11.3 Å². The minimum Gasteiger partial charge on any atom is -0.383 e. The number of nitrogens with zero attached hydrogens (tertiary/aromatic N) is 2. The molecule has 0 atom stereocenters. The molecule has 0 aliphatic heterocycles. The molecule has 0 saturated carbocycles. The van der Waals surface area contributed by atoms with Gasteiger partial charge in [-0.2, -0.15) is 0 Å². The van der Waals surface area contributed by atoms with Crippen LogP contribution in [0.4, 0.5) is 5.13 Å². The molecule has 104 valence electrons. The first-order valence-electron chi connectivity index (χ1n) is 6.59. The van der Waals surface area contributed by atoms with E-state index in [0.717, 1.165) is 43.4 Å². The number of nitrogens with one attached hydrogen (secondary N) is 1. The summed E-state index contributed by atoms with van der Waals surface area (Å²) in [5.74, 6) is 0. The second kappa shape index (κ2) is 8.45. The van der Waals surface area contributed by atoms with Crippen molar-refractivity contribution < 1.29 is 4.74 Å². The van der Waals surface area contributed by atoms with Gasteiger partial charge in [-0.05, 0) is 12.8 Å². The molecule has 1 aromatic heterocycles. The van der Waals surface area contributed by atoms with E-state index >= 15 is 0 Å². The fourth-order valence-corrected chi connectivity index (χ4v) is 2.79. The molecule has 0 aromatic carbocycles. The van der Waals surface area contributed by atoms with Gasteiger partial charge < -0.3 is 15.0 Å². The van der Waals surface area contributed by atoms with E-state index < -0.39 is 0 Å². The van der Waals surface area contributed by atoms with Crippen molar-refractivity contribution in [3.63, 3.8) is 0 Å². The highest BCUT2D eigenvalue weighted by atomic mass is 32.1. The van der Waals surface area contributed by atoms with E-state index in [-0.39, 0.29) is 0 Å². The molecule has 0 bridgehead atoms. The molecular weight excluding hydrogens is 246 g/mol. The van der Waals surface area contributed by atoms with E-state index in [2.05, 4.69) is 41.5 Å². The number of anilines is 1. The van der Waals surface area contributed by atoms with Gasteiger partial charge in [-0.3, -0.25) is 0 Å². The van der Waals surface area contributed by atoms with Gasteiger partial charge in [0.1, 0.15) is 0 Å². The zero-order valence-corrected chi connectivity index (χ0v) is 12.7. The third-order valence-corrected chi connectivity index (χ3v) is 4.10. The molecule has 0 spiro atoms. The van der Waals surface area contributed by atoms with Gasteiger partial charge in [-0.1, -0.05) is 13.8 Å². The summed E-state index contributed by atoms with van der Waals surface area (Å²) < 4.78 is 5.00. The van der Waals surface area contributed by atoms with E-state index in [0.29, 0.717) is 6.04 Å². The summed E-state index contributed by atoms with van der Waals surface area (Å²) in [5, 5.41) is 6.56. The van der Waals surface area contributed by atoms with Crippen molar-refractivity contribution in [1.29, 1.82) is 0 Å². The Morgan fingerprint density at radius 3 is 2.78 bits per heavy atom. The minimum atomic E-state index is 0.588. The van der Waals surface area contributed by atoms with Crippen molar-refractivity contribution in [3.8, 4) is 0 Å². The largest absolute Gasteiger partial charge is 0.383 e. The van der Waals surface area contributed by atoms with E-state index in [1.54, 1.807) is 18.4 Å². The summed E-state index contributed by atoms with van der Waals surface area (Å²) in [4.78, 5) is 6.96. The Bertz CT molecular complexity index is 326. The summed E-state index contributed by atoms with van der Waals surface area (Å²) in [5.41, 5.74) is 1.11. The van der Waals surface area contributed by atoms with Crippen molar-refractivity contribution in [3.05, 3.63) is 11.1 Å². The predicted octanol–water partition coefficient (Wildman–Crippen LogP) is 2.50. The second-order valence-electron chi connectivity index (χ2n) is 4.37. The first-order chi connectivity index (χ1) is 8.72. The molecule has 0 aliphatic rings. The monoisotopic (exact) mass is 271 g/mol. The molecule has 0 unspecified atom stereocenters. The summed E-state index contributed by atoms with van der Waals surface area (Å²) in [6.07, 6.45) is 2.32. The minimum absolute atomic E-state index is 0.588. The van der Waals surface area contributed by atoms with Crippen molar-refractivity contribution in [1.82, 2.24) is 10.3 Å². The molecule has 5 heteroatoms. The van der Waals surface area contributed by atoms with Crippen LogP contribution in [-0.4, -0.2) is 38.3 Å². The molecule has 18 heavy (non-hydrogen) atoms. The van der Waals surface area contributed by atoms with Crippen LogP contribution < -0.4 is 10.2 Å². The topological polar surface area (TPSA) is 37.4 Å². The summed E-state index contributed by atoms with van der Waals surface area (Å²) in [7, 11) is 3.85. The van der Waals surface area contributed by atoms with Crippen LogP contribution in [0.5, 0.6) is 0 Å². The normalized spacial score (nSPS) is 11.2. The number of thiazole rings is 1. The lowest BCUT2D eigenvalue weighted by molar-refractivity contribution is 0.199. The van der Waals surface area contributed by atoms with Crippen molar-refractivity contribution in [2.24, 2.45) is 0 Å². The second-order valence-corrected chi connectivity index (χ2v) is 5.21. The maximum Gasteiger partial charge on any atom is 0.185 e. The van der Waals surface area contributed by atoms with E-state index in [9.17, 15) is 0 Å². The van der Waals surface area contributed by atoms with Crippen LogP contribution >= 0.6 is 11.3 Å².